The first-order valence-electron chi connectivity index (χ1n) is 6.15. The molecule has 100 valence electrons. The molecule has 0 spiro atoms. The van der Waals surface area contributed by atoms with Crippen molar-refractivity contribution in [1.82, 2.24) is 10.3 Å². The summed E-state index contributed by atoms with van der Waals surface area (Å²) in [7, 11) is 3.52. The van der Waals surface area contributed by atoms with Gasteiger partial charge in [0.05, 0.1) is 25.0 Å². The molecule has 2 rings (SSSR count). The zero-order valence-electron chi connectivity index (χ0n) is 11.1. The molecule has 1 aromatic heterocycles. The van der Waals surface area contributed by atoms with E-state index in [9.17, 15) is 4.39 Å². The quantitative estimate of drug-likeness (QED) is 0.897. The molecule has 19 heavy (non-hydrogen) atoms. The Morgan fingerprint density at radius 2 is 2.05 bits per heavy atom. The Balaban J connectivity index is 2.21. The molecule has 1 N–H and O–H groups in total. The standard InChI is InChI=1S/C15H17FN2O/c1-17-14(13-8-7-12(16)10-18-13)9-11-5-3-4-6-15(11)19-2/h3-8,10,14,17H,9H2,1-2H3. The summed E-state index contributed by atoms with van der Waals surface area (Å²) in [5.74, 6) is 0.528. The largest absolute Gasteiger partial charge is 0.496 e. The molecule has 1 unspecified atom stereocenters. The number of pyridine rings is 1. The molecule has 1 aromatic carbocycles. The van der Waals surface area contributed by atoms with Crippen molar-refractivity contribution in [3.63, 3.8) is 0 Å². The smallest absolute Gasteiger partial charge is 0.141 e. The van der Waals surface area contributed by atoms with Crippen molar-refractivity contribution in [2.75, 3.05) is 14.2 Å². The number of likely N-dealkylation sites (N-methyl/N-ethyl adjacent to an activating group) is 1. The van der Waals surface area contributed by atoms with Crippen molar-refractivity contribution in [3.05, 3.63) is 59.7 Å². The number of ether oxygens (including phenoxy) is 1. The molecule has 1 heterocycles. The van der Waals surface area contributed by atoms with Crippen LogP contribution in [-0.2, 0) is 6.42 Å². The topological polar surface area (TPSA) is 34.1 Å². The first-order valence-corrected chi connectivity index (χ1v) is 6.15. The van der Waals surface area contributed by atoms with Gasteiger partial charge in [0.15, 0.2) is 0 Å². The van der Waals surface area contributed by atoms with Gasteiger partial charge in [-0.3, -0.25) is 4.98 Å². The van der Waals surface area contributed by atoms with Gasteiger partial charge >= 0.3 is 0 Å². The van der Waals surface area contributed by atoms with E-state index in [-0.39, 0.29) is 11.9 Å². The van der Waals surface area contributed by atoms with E-state index in [0.29, 0.717) is 0 Å². The summed E-state index contributed by atoms with van der Waals surface area (Å²) >= 11 is 0. The number of rotatable bonds is 5. The maximum Gasteiger partial charge on any atom is 0.141 e. The fraction of sp³-hybridized carbons (Fsp3) is 0.267. The van der Waals surface area contributed by atoms with Crippen molar-refractivity contribution < 1.29 is 9.13 Å². The van der Waals surface area contributed by atoms with Crippen LogP contribution in [0.1, 0.15) is 17.3 Å². The molecule has 0 fully saturated rings. The van der Waals surface area contributed by atoms with Crippen LogP contribution in [0, 0.1) is 5.82 Å². The summed E-state index contributed by atoms with van der Waals surface area (Å²) in [5, 5.41) is 3.20. The van der Waals surface area contributed by atoms with Crippen molar-refractivity contribution in [2.45, 2.75) is 12.5 Å². The predicted molar refractivity (Wildman–Crippen MR) is 72.7 cm³/mol. The number of nitrogens with zero attached hydrogens (tertiary/aromatic N) is 1. The molecular formula is C15H17FN2O. The van der Waals surface area contributed by atoms with Crippen LogP contribution in [0.2, 0.25) is 0 Å². The molecule has 4 heteroatoms. The number of hydrogen-bond donors (Lipinski definition) is 1. The van der Waals surface area contributed by atoms with E-state index in [1.807, 2.05) is 31.3 Å². The minimum atomic E-state index is -0.323. The molecule has 0 amide bonds. The molecule has 0 aliphatic carbocycles. The Kier molecular flexibility index (Phi) is 4.47. The Labute approximate surface area is 112 Å². The maximum atomic E-state index is 12.9. The van der Waals surface area contributed by atoms with Crippen LogP contribution < -0.4 is 10.1 Å². The average molecular weight is 260 g/mol. The second kappa shape index (κ2) is 6.29. The van der Waals surface area contributed by atoms with Crippen molar-refractivity contribution >= 4 is 0 Å². The van der Waals surface area contributed by atoms with Gasteiger partial charge in [-0.05, 0) is 37.2 Å². The number of hydrogen-bond acceptors (Lipinski definition) is 3. The Bertz CT molecular complexity index is 528. The highest BCUT2D eigenvalue weighted by Crippen LogP contribution is 2.23. The first-order chi connectivity index (χ1) is 9.24. The fourth-order valence-electron chi connectivity index (χ4n) is 2.04. The Morgan fingerprint density at radius 3 is 2.68 bits per heavy atom. The van der Waals surface area contributed by atoms with Crippen LogP contribution in [0.3, 0.4) is 0 Å². The fourth-order valence-corrected chi connectivity index (χ4v) is 2.04. The van der Waals surface area contributed by atoms with Gasteiger partial charge in [-0.25, -0.2) is 4.39 Å². The van der Waals surface area contributed by atoms with Crippen LogP contribution in [0.4, 0.5) is 4.39 Å². The van der Waals surface area contributed by atoms with Gasteiger partial charge < -0.3 is 10.1 Å². The SMILES string of the molecule is CNC(Cc1ccccc1OC)c1ccc(F)cn1. The third-order valence-electron chi connectivity index (χ3n) is 3.07. The van der Waals surface area contributed by atoms with Crippen molar-refractivity contribution in [3.8, 4) is 5.75 Å². The molecule has 1 atom stereocenters. The second-order valence-corrected chi connectivity index (χ2v) is 4.26. The van der Waals surface area contributed by atoms with E-state index >= 15 is 0 Å². The first kappa shape index (κ1) is 13.5. The van der Waals surface area contributed by atoms with E-state index in [1.165, 1.54) is 12.3 Å². The monoisotopic (exact) mass is 260 g/mol. The van der Waals surface area contributed by atoms with Crippen molar-refractivity contribution in [1.29, 1.82) is 0 Å². The van der Waals surface area contributed by atoms with Gasteiger partial charge in [0.2, 0.25) is 0 Å². The lowest BCUT2D eigenvalue weighted by atomic mass is 10.0. The maximum absolute atomic E-state index is 12.9. The Hall–Kier alpha value is -1.94. The molecule has 0 saturated heterocycles. The lowest BCUT2D eigenvalue weighted by molar-refractivity contribution is 0.406. The normalized spacial score (nSPS) is 12.2. The van der Waals surface area contributed by atoms with E-state index in [4.69, 9.17) is 4.74 Å². The Morgan fingerprint density at radius 1 is 1.26 bits per heavy atom. The zero-order valence-corrected chi connectivity index (χ0v) is 11.1. The van der Waals surface area contributed by atoms with Crippen LogP contribution >= 0.6 is 0 Å². The predicted octanol–water partition coefficient (Wildman–Crippen LogP) is 2.73. The number of nitrogens with one attached hydrogen (secondary N) is 1. The summed E-state index contributed by atoms with van der Waals surface area (Å²) < 4.78 is 18.2. The molecule has 2 aromatic rings. The molecule has 0 radical (unpaired) electrons. The van der Waals surface area contributed by atoms with Crippen LogP contribution in [0.15, 0.2) is 42.6 Å². The van der Waals surface area contributed by atoms with Crippen LogP contribution in [0.5, 0.6) is 5.75 Å². The number of benzene rings is 1. The molecule has 3 nitrogen and oxygen atoms in total. The molecule has 0 aliphatic rings. The van der Waals surface area contributed by atoms with Crippen LogP contribution in [0.25, 0.3) is 0 Å². The third kappa shape index (κ3) is 3.29. The summed E-state index contributed by atoms with van der Waals surface area (Å²) in [5.41, 5.74) is 1.91. The van der Waals surface area contributed by atoms with Gasteiger partial charge in [0.25, 0.3) is 0 Å². The molecule has 0 aliphatic heterocycles. The summed E-state index contributed by atoms with van der Waals surface area (Å²) in [6, 6.07) is 11.0. The third-order valence-corrected chi connectivity index (χ3v) is 3.07. The highest BCUT2D eigenvalue weighted by Gasteiger charge is 2.14. The highest BCUT2D eigenvalue weighted by atomic mass is 19.1. The minimum absolute atomic E-state index is 0.0249. The highest BCUT2D eigenvalue weighted by molar-refractivity contribution is 5.34. The summed E-state index contributed by atoms with van der Waals surface area (Å²) in [4.78, 5) is 4.12. The van der Waals surface area contributed by atoms with Gasteiger partial charge in [0.1, 0.15) is 11.6 Å². The van der Waals surface area contributed by atoms with Gasteiger partial charge in [0, 0.05) is 0 Å². The van der Waals surface area contributed by atoms with E-state index < -0.39 is 0 Å². The van der Waals surface area contributed by atoms with E-state index in [2.05, 4.69) is 10.3 Å². The van der Waals surface area contributed by atoms with Gasteiger partial charge in [-0.2, -0.15) is 0 Å². The van der Waals surface area contributed by atoms with Gasteiger partial charge in [-0.1, -0.05) is 18.2 Å². The van der Waals surface area contributed by atoms with Crippen LogP contribution in [-0.4, -0.2) is 19.1 Å². The van der Waals surface area contributed by atoms with Gasteiger partial charge in [-0.15, -0.1) is 0 Å². The van der Waals surface area contributed by atoms with Crippen molar-refractivity contribution in [2.24, 2.45) is 0 Å². The van der Waals surface area contributed by atoms with E-state index in [0.717, 1.165) is 23.4 Å². The molecular weight excluding hydrogens is 243 g/mol. The summed E-state index contributed by atoms with van der Waals surface area (Å²) in [6.07, 6.45) is 1.97. The molecule has 0 bridgehead atoms. The minimum Gasteiger partial charge on any atom is -0.496 e. The lowest BCUT2D eigenvalue weighted by Gasteiger charge is -2.17. The average Bonchev–Trinajstić information content (AvgIpc) is 2.46. The number of halogens is 1. The number of para-hydroxylation sites is 1. The molecule has 0 saturated carbocycles. The number of methoxy groups -OCH3 is 1. The zero-order chi connectivity index (χ0) is 13.7. The van der Waals surface area contributed by atoms with E-state index in [1.54, 1.807) is 13.2 Å². The number of aromatic nitrogens is 1. The lowest BCUT2D eigenvalue weighted by Crippen LogP contribution is -2.20. The summed E-state index contributed by atoms with van der Waals surface area (Å²) in [6.45, 7) is 0. The second-order valence-electron chi connectivity index (χ2n) is 4.26.